The van der Waals surface area contributed by atoms with E-state index in [4.69, 9.17) is 4.74 Å². The van der Waals surface area contributed by atoms with Crippen molar-refractivity contribution in [1.82, 2.24) is 4.98 Å². The number of methoxy groups -OCH3 is 1. The van der Waals surface area contributed by atoms with Crippen molar-refractivity contribution in [3.8, 4) is 5.88 Å². The van der Waals surface area contributed by atoms with Gasteiger partial charge in [-0.2, -0.15) is 12.6 Å². The maximum atomic E-state index is 4.95. The monoisotopic (exact) mass is 195 g/mol. The molecule has 1 heterocycles. The van der Waals surface area contributed by atoms with Crippen LogP contribution in [0.1, 0.15) is 12.0 Å². The number of allylic oxidation sites excluding steroid dienone is 1. The average molecular weight is 195 g/mol. The van der Waals surface area contributed by atoms with Crippen molar-refractivity contribution >= 4 is 18.7 Å². The number of nitrogens with zero attached hydrogens (tertiary/aromatic N) is 1. The van der Waals surface area contributed by atoms with E-state index in [1.165, 1.54) is 0 Å². The molecule has 0 aliphatic heterocycles. The van der Waals surface area contributed by atoms with Crippen molar-refractivity contribution in [2.45, 2.75) is 6.42 Å². The van der Waals surface area contributed by atoms with Gasteiger partial charge in [-0.3, -0.25) is 0 Å². The van der Waals surface area contributed by atoms with Crippen LogP contribution in [0.15, 0.2) is 24.4 Å². The Hall–Kier alpha value is -0.960. The van der Waals surface area contributed by atoms with Gasteiger partial charge in [0.05, 0.1) is 7.11 Å². The summed E-state index contributed by atoms with van der Waals surface area (Å²) >= 11 is 4.11. The molecule has 3 heteroatoms. The van der Waals surface area contributed by atoms with Crippen LogP contribution in [0.3, 0.4) is 0 Å². The second kappa shape index (κ2) is 5.65. The summed E-state index contributed by atoms with van der Waals surface area (Å²) in [5.74, 6) is 1.52. The Balaban J connectivity index is 2.58. The number of rotatable bonds is 4. The lowest BCUT2D eigenvalue weighted by atomic mass is 10.2. The molecule has 0 saturated carbocycles. The molecule has 1 rings (SSSR count). The molecule has 0 aromatic carbocycles. The smallest absolute Gasteiger partial charge is 0.212 e. The SMILES string of the molecule is COc1ccc(C=CCCS)cn1. The lowest BCUT2D eigenvalue weighted by Gasteiger charge is -1.97. The third-order valence-corrected chi connectivity index (χ3v) is 1.83. The van der Waals surface area contributed by atoms with E-state index in [1.54, 1.807) is 13.3 Å². The topological polar surface area (TPSA) is 22.1 Å². The van der Waals surface area contributed by atoms with Crippen molar-refractivity contribution in [2.75, 3.05) is 12.9 Å². The Labute approximate surface area is 84.1 Å². The molecule has 0 N–H and O–H groups in total. The van der Waals surface area contributed by atoms with E-state index in [0.29, 0.717) is 5.88 Å². The molecule has 0 aliphatic carbocycles. The fourth-order valence-corrected chi connectivity index (χ4v) is 1.05. The number of hydrogen-bond donors (Lipinski definition) is 1. The summed E-state index contributed by atoms with van der Waals surface area (Å²) in [6.07, 6.45) is 6.88. The van der Waals surface area contributed by atoms with Crippen LogP contribution >= 0.6 is 12.6 Å². The molecular formula is C10H13NOS. The maximum absolute atomic E-state index is 4.95. The van der Waals surface area contributed by atoms with E-state index < -0.39 is 0 Å². The van der Waals surface area contributed by atoms with Gasteiger partial charge in [-0.15, -0.1) is 0 Å². The van der Waals surface area contributed by atoms with E-state index in [1.807, 2.05) is 18.2 Å². The van der Waals surface area contributed by atoms with Crippen molar-refractivity contribution in [2.24, 2.45) is 0 Å². The second-order valence-corrected chi connectivity index (χ2v) is 3.00. The van der Waals surface area contributed by atoms with Gasteiger partial charge in [-0.05, 0) is 23.8 Å². The van der Waals surface area contributed by atoms with Gasteiger partial charge in [-0.25, -0.2) is 4.98 Å². The molecule has 0 atom stereocenters. The van der Waals surface area contributed by atoms with Crippen molar-refractivity contribution in [3.63, 3.8) is 0 Å². The minimum Gasteiger partial charge on any atom is -0.481 e. The molecule has 0 unspecified atom stereocenters. The highest BCUT2D eigenvalue weighted by Crippen LogP contribution is 2.08. The lowest BCUT2D eigenvalue weighted by molar-refractivity contribution is 0.398. The van der Waals surface area contributed by atoms with Crippen molar-refractivity contribution in [1.29, 1.82) is 0 Å². The summed E-state index contributed by atoms with van der Waals surface area (Å²) in [5, 5.41) is 0. The Bertz CT molecular complexity index is 269. The van der Waals surface area contributed by atoms with Gasteiger partial charge in [-0.1, -0.05) is 12.2 Å². The number of thiol groups is 1. The first-order valence-electron chi connectivity index (χ1n) is 4.14. The first-order chi connectivity index (χ1) is 6.36. The lowest BCUT2D eigenvalue weighted by Crippen LogP contribution is -1.86. The van der Waals surface area contributed by atoms with Crippen LogP contribution in [0.2, 0.25) is 0 Å². The Morgan fingerprint density at radius 3 is 2.92 bits per heavy atom. The van der Waals surface area contributed by atoms with Gasteiger partial charge in [0.1, 0.15) is 0 Å². The van der Waals surface area contributed by atoms with E-state index in [-0.39, 0.29) is 0 Å². The van der Waals surface area contributed by atoms with Crippen LogP contribution in [0, 0.1) is 0 Å². The minimum atomic E-state index is 0.645. The first kappa shape index (κ1) is 10.1. The highest BCUT2D eigenvalue weighted by Gasteiger charge is 1.90. The Kier molecular flexibility index (Phi) is 4.40. The molecule has 13 heavy (non-hydrogen) atoms. The second-order valence-electron chi connectivity index (χ2n) is 2.55. The van der Waals surface area contributed by atoms with Gasteiger partial charge in [0.15, 0.2) is 0 Å². The summed E-state index contributed by atoms with van der Waals surface area (Å²) in [7, 11) is 1.61. The third-order valence-electron chi connectivity index (χ3n) is 1.57. The predicted octanol–water partition coefficient (Wildman–Crippen LogP) is 2.42. The van der Waals surface area contributed by atoms with Crippen LogP contribution < -0.4 is 4.74 Å². The zero-order valence-corrected chi connectivity index (χ0v) is 8.50. The molecule has 1 aromatic heterocycles. The molecule has 0 bridgehead atoms. The quantitative estimate of drug-likeness (QED) is 0.745. The highest BCUT2D eigenvalue weighted by molar-refractivity contribution is 7.80. The third kappa shape index (κ3) is 3.51. The summed E-state index contributed by atoms with van der Waals surface area (Å²) in [6.45, 7) is 0. The zero-order valence-electron chi connectivity index (χ0n) is 7.60. The summed E-state index contributed by atoms with van der Waals surface area (Å²) < 4.78 is 4.95. The highest BCUT2D eigenvalue weighted by atomic mass is 32.1. The normalized spacial score (nSPS) is 10.6. The van der Waals surface area contributed by atoms with Crippen LogP contribution in [0.5, 0.6) is 5.88 Å². The fraction of sp³-hybridized carbons (Fsp3) is 0.300. The molecule has 0 fully saturated rings. The van der Waals surface area contributed by atoms with Crippen LogP contribution in [-0.4, -0.2) is 17.8 Å². The molecule has 2 nitrogen and oxygen atoms in total. The number of hydrogen-bond acceptors (Lipinski definition) is 3. The first-order valence-corrected chi connectivity index (χ1v) is 4.77. The Morgan fingerprint density at radius 1 is 1.54 bits per heavy atom. The minimum absolute atomic E-state index is 0.645. The molecule has 0 spiro atoms. The zero-order chi connectivity index (χ0) is 9.52. The van der Waals surface area contributed by atoms with Crippen LogP contribution in [-0.2, 0) is 0 Å². The van der Waals surface area contributed by atoms with E-state index >= 15 is 0 Å². The van der Waals surface area contributed by atoms with Crippen molar-refractivity contribution in [3.05, 3.63) is 30.0 Å². The summed E-state index contributed by atoms with van der Waals surface area (Å²) in [5.41, 5.74) is 1.09. The number of aromatic nitrogens is 1. The van der Waals surface area contributed by atoms with E-state index in [0.717, 1.165) is 17.7 Å². The molecule has 1 aromatic rings. The largest absolute Gasteiger partial charge is 0.481 e. The van der Waals surface area contributed by atoms with Gasteiger partial charge in [0, 0.05) is 12.3 Å². The number of ether oxygens (including phenoxy) is 1. The number of pyridine rings is 1. The molecule has 0 radical (unpaired) electrons. The fourth-order valence-electron chi connectivity index (χ4n) is 0.905. The van der Waals surface area contributed by atoms with E-state index in [9.17, 15) is 0 Å². The standard InChI is InChI=1S/C10H13NOS/c1-12-10-6-5-9(8-11-10)4-2-3-7-13/h2,4-6,8,13H,3,7H2,1H3. The van der Waals surface area contributed by atoms with Gasteiger partial charge in [0.2, 0.25) is 5.88 Å². The van der Waals surface area contributed by atoms with Gasteiger partial charge in [0.25, 0.3) is 0 Å². The molecule has 0 amide bonds. The molecule has 0 aliphatic rings. The molecular weight excluding hydrogens is 182 g/mol. The average Bonchev–Trinajstić information content (AvgIpc) is 2.19. The van der Waals surface area contributed by atoms with Crippen LogP contribution in [0.4, 0.5) is 0 Å². The Morgan fingerprint density at radius 2 is 2.38 bits per heavy atom. The summed E-state index contributed by atoms with van der Waals surface area (Å²) in [6, 6.07) is 3.82. The van der Waals surface area contributed by atoms with Crippen molar-refractivity contribution < 1.29 is 4.74 Å². The molecule has 70 valence electrons. The predicted molar refractivity (Wildman–Crippen MR) is 58.3 cm³/mol. The molecule has 0 saturated heterocycles. The van der Waals surface area contributed by atoms with Gasteiger partial charge >= 0.3 is 0 Å². The maximum Gasteiger partial charge on any atom is 0.212 e. The summed E-state index contributed by atoms with van der Waals surface area (Å²) in [4.78, 5) is 4.08. The van der Waals surface area contributed by atoms with E-state index in [2.05, 4.69) is 23.7 Å². The van der Waals surface area contributed by atoms with Crippen LogP contribution in [0.25, 0.3) is 6.08 Å². The van der Waals surface area contributed by atoms with Gasteiger partial charge < -0.3 is 4.74 Å².